The Labute approximate surface area is 151 Å². The van der Waals surface area contributed by atoms with Crippen molar-refractivity contribution in [1.29, 1.82) is 0 Å². The van der Waals surface area contributed by atoms with Crippen molar-refractivity contribution >= 4 is 0 Å². The van der Waals surface area contributed by atoms with Gasteiger partial charge in [0.25, 0.3) is 0 Å². The van der Waals surface area contributed by atoms with E-state index in [1.165, 1.54) is 33.4 Å². The molecule has 0 heterocycles. The summed E-state index contributed by atoms with van der Waals surface area (Å²) in [5, 5.41) is 0. The third kappa shape index (κ3) is 8.37. The van der Waals surface area contributed by atoms with Crippen LogP contribution in [-0.4, -0.2) is 0 Å². The van der Waals surface area contributed by atoms with Gasteiger partial charge in [0, 0.05) is 0 Å². The zero-order valence-electron chi connectivity index (χ0n) is 17.5. The first-order valence-corrected chi connectivity index (χ1v) is 9.21. The van der Waals surface area contributed by atoms with Gasteiger partial charge in [-0.25, -0.2) is 0 Å². The van der Waals surface area contributed by atoms with E-state index >= 15 is 0 Å². The summed E-state index contributed by atoms with van der Waals surface area (Å²) in [6.45, 7) is 24.0. The quantitative estimate of drug-likeness (QED) is 0.313. The van der Waals surface area contributed by atoms with E-state index in [-0.39, 0.29) is 0 Å². The Morgan fingerprint density at radius 1 is 0.958 bits per heavy atom. The van der Waals surface area contributed by atoms with Crippen LogP contribution in [0.15, 0.2) is 64.0 Å². The summed E-state index contributed by atoms with van der Waals surface area (Å²) in [5.41, 5.74) is 11.2. The minimum Gasteiger partial charge on any atom is -0.119 e. The molecule has 0 aliphatic rings. The Hall–Kier alpha value is -1.52. The average Bonchev–Trinajstić information content (AvgIpc) is 2.50. The summed E-state index contributed by atoms with van der Waals surface area (Å²) in [4.78, 5) is 0. The van der Waals surface area contributed by atoms with Crippen LogP contribution in [0.5, 0.6) is 0 Å². The molecule has 134 valence electrons. The highest BCUT2D eigenvalue weighted by atomic mass is 14.2. The van der Waals surface area contributed by atoms with Gasteiger partial charge in [-0.3, -0.25) is 0 Å². The Morgan fingerprint density at radius 2 is 1.54 bits per heavy atom. The minimum atomic E-state index is 0.465. The first kappa shape index (κ1) is 22.5. The Balaban J connectivity index is 5.30. The van der Waals surface area contributed by atoms with Gasteiger partial charge >= 0.3 is 0 Å². The molecule has 0 saturated heterocycles. The SMILES string of the molecule is C=C(C(C)=C=C(C)C)C(CC=C(C)C(C)=CC=C(C)CC)C(C)C. The van der Waals surface area contributed by atoms with Gasteiger partial charge in [0.05, 0.1) is 0 Å². The Kier molecular flexibility index (Phi) is 10.4. The monoisotopic (exact) mass is 326 g/mol. The third-order valence-corrected chi connectivity index (χ3v) is 4.65. The molecular weight excluding hydrogens is 288 g/mol. The molecule has 0 aromatic rings. The lowest BCUT2D eigenvalue weighted by Gasteiger charge is -2.22. The number of rotatable bonds is 8. The molecule has 0 N–H and O–H groups in total. The molecular formula is C24H38. The van der Waals surface area contributed by atoms with Gasteiger partial charge in [0.1, 0.15) is 0 Å². The number of hydrogen-bond donors (Lipinski definition) is 0. The molecule has 1 unspecified atom stereocenters. The second-order valence-corrected chi connectivity index (χ2v) is 7.46. The van der Waals surface area contributed by atoms with Crippen LogP contribution in [0, 0.1) is 11.8 Å². The minimum absolute atomic E-state index is 0.465. The van der Waals surface area contributed by atoms with E-state index < -0.39 is 0 Å². The zero-order chi connectivity index (χ0) is 18.9. The lowest BCUT2D eigenvalue weighted by molar-refractivity contribution is 0.451. The maximum Gasteiger partial charge on any atom is -0.00629 e. The average molecular weight is 327 g/mol. The van der Waals surface area contributed by atoms with Crippen molar-refractivity contribution in [2.24, 2.45) is 11.8 Å². The van der Waals surface area contributed by atoms with Crippen molar-refractivity contribution in [3.05, 3.63) is 64.0 Å². The van der Waals surface area contributed by atoms with E-state index in [1.54, 1.807) is 0 Å². The molecule has 0 rings (SSSR count). The molecule has 0 bridgehead atoms. The molecule has 0 aromatic heterocycles. The maximum atomic E-state index is 4.36. The van der Waals surface area contributed by atoms with E-state index in [4.69, 9.17) is 0 Å². The first-order valence-electron chi connectivity index (χ1n) is 9.21. The van der Waals surface area contributed by atoms with Crippen LogP contribution in [0.25, 0.3) is 0 Å². The van der Waals surface area contributed by atoms with Crippen molar-refractivity contribution in [3.63, 3.8) is 0 Å². The van der Waals surface area contributed by atoms with E-state index in [2.05, 4.69) is 92.9 Å². The van der Waals surface area contributed by atoms with Crippen LogP contribution in [0.2, 0.25) is 0 Å². The summed E-state index contributed by atoms with van der Waals surface area (Å²) in [7, 11) is 0. The fourth-order valence-corrected chi connectivity index (χ4v) is 2.53. The molecule has 1 atom stereocenters. The fraction of sp³-hybridized carbons (Fsp3) is 0.542. The summed E-state index contributed by atoms with van der Waals surface area (Å²) in [5.74, 6) is 1.04. The fourth-order valence-electron chi connectivity index (χ4n) is 2.53. The highest BCUT2D eigenvalue weighted by Gasteiger charge is 2.17. The van der Waals surface area contributed by atoms with Crippen LogP contribution in [0.3, 0.4) is 0 Å². The van der Waals surface area contributed by atoms with Gasteiger partial charge in [0.2, 0.25) is 0 Å². The molecule has 0 aromatic carbocycles. The molecule has 0 fully saturated rings. The lowest BCUT2D eigenvalue weighted by Crippen LogP contribution is -2.11. The topological polar surface area (TPSA) is 0 Å². The normalized spacial score (nSPS) is 14.5. The maximum absolute atomic E-state index is 4.36. The van der Waals surface area contributed by atoms with E-state index in [0.29, 0.717) is 11.8 Å². The van der Waals surface area contributed by atoms with Crippen LogP contribution in [-0.2, 0) is 0 Å². The second kappa shape index (κ2) is 11.1. The predicted molar refractivity (Wildman–Crippen MR) is 111 cm³/mol. The largest absolute Gasteiger partial charge is 0.119 e. The van der Waals surface area contributed by atoms with Crippen LogP contribution in [0.4, 0.5) is 0 Å². The standard InChI is InChI=1S/C24H38/c1-11-19(6)12-13-20(7)21(8)14-15-24(18(4)5)23(10)22(9)16-17(2)3/h12-14,18,24H,10-11,15H2,1-9H3. The zero-order valence-corrected chi connectivity index (χ0v) is 17.5. The molecule has 0 aliphatic heterocycles. The molecule has 0 aliphatic carbocycles. The lowest BCUT2D eigenvalue weighted by atomic mass is 9.82. The van der Waals surface area contributed by atoms with Gasteiger partial charge in [-0.2, -0.15) is 0 Å². The second-order valence-electron chi connectivity index (χ2n) is 7.46. The number of hydrogen-bond acceptors (Lipinski definition) is 0. The van der Waals surface area contributed by atoms with Crippen molar-refractivity contribution in [3.8, 4) is 0 Å². The molecule has 0 saturated carbocycles. The van der Waals surface area contributed by atoms with E-state index in [9.17, 15) is 0 Å². The van der Waals surface area contributed by atoms with Crippen molar-refractivity contribution in [2.45, 2.75) is 75.2 Å². The third-order valence-electron chi connectivity index (χ3n) is 4.65. The van der Waals surface area contributed by atoms with Crippen molar-refractivity contribution in [2.75, 3.05) is 0 Å². The first-order chi connectivity index (χ1) is 11.1. The molecule has 0 radical (unpaired) electrons. The summed E-state index contributed by atoms with van der Waals surface area (Å²) >= 11 is 0. The molecule has 0 amide bonds. The van der Waals surface area contributed by atoms with Gasteiger partial charge < -0.3 is 0 Å². The van der Waals surface area contributed by atoms with E-state index in [1.807, 2.05) is 0 Å². The summed E-state index contributed by atoms with van der Waals surface area (Å²) < 4.78 is 0. The highest BCUT2D eigenvalue weighted by Crippen LogP contribution is 2.29. The van der Waals surface area contributed by atoms with Crippen molar-refractivity contribution < 1.29 is 0 Å². The Bertz CT molecular complexity index is 578. The molecule has 0 heteroatoms. The predicted octanol–water partition coefficient (Wildman–Crippen LogP) is 7.97. The van der Waals surface area contributed by atoms with Crippen LogP contribution in [0.1, 0.15) is 75.2 Å². The van der Waals surface area contributed by atoms with Gasteiger partial charge in [-0.1, -0.05) is 56.7 Å². The highest BCUT2D eigenvalue weighted by molar-refractivity contribution is 5.33. The van der Waals surface area contributed by atoms with Crippen LogP contribution >= 0.6 is 0 Å². The Morgan fingerprint density at radius 3 is 2.00 bits per heavy atom. The smallest absolute Gasteiger partial charge is 0.00629 e. The molecule has 24 heavy (non-hydrogen) atoms. The van der Waals surface area contributed by atoms with Gasteiger partial charge in [-0.05, 0) is 88.5 Å². The molecule has 0 nitrogen and oxygen atoms in total. The van der Waals surface area contributed by atoms with Crippen LogP contribution < -0.4 is 0 Å². The summed E-state index contributed by atoms with van der Waals surface area (Å²) in [6.07, 6.45) is 8.97. The van der Waals surface area contributed by atoms with Gasteiger partial charge in [-0.15, -0.1) is 5.73 Å². The summed E-state index contributed by atoms with van der Waals surface area (Å²) in [6, 6.07) is 0. The van der Waals surface area contributed by atoms with Gasteiger partial charge in [0.15, 0.2) is 0 Å². The number of allylic oxidation sites excluding steroid dienone is 8. The van der Waals surface area contributed by atoms with E-state index in [0.717, 1.165) is 12.8 Å². The van der Waals surface area contributed by atoms with Crippen molar-refractivity contribution in [1.82, 2.24) is 0 Å². The molecule has 0 spiro atoms.